The Labute approximate surface area is 316 Å². The standard InChI is InChI=1S/C41H57ClN4O5S/c1-28(2)46-25-40(26-46)23-44(24-40)27-41(50-5)17-8-9-29(3)30(4)52(48,49)43-39(47)32-13-16-38-37(20-32)45(21-33-12-15-36(33)41)18-7-6-10-31-19-35(42)14-11-34(31)22-51-38/h8,11,13-14,16-17,19-20,28-30,33,36H,6-7,9-10,12,15,18,21-27H2,1-5H3,(H,43,47)/b17-8+/t29-,30+,33-,36+,41-/m0/s1. The average molecular weight is 753 g/mol. The van der Waals surface area contributed by atoms with Gasteiger partial charge in [0, 0.05) is 75.0 Å². The number of nitrogens with one attached hydrogen (secondary N) is 1. The number of amides is 1. The zero-order chi connectivity index (χ0) is 36.8. The minimum absolute atomic E-state index is 0.209. The van der Waals surface area contributed by atoms with E-state index < -0.39 is 26.8 Å². The van der Waals surface area contributed by atoms with Crippen LogP contribution in [0.5, 0.6) is 5.75 Å². The van der Waals surface area contributed by atoms with Crippen molar-refractivity contribution in [1.29, 1.82) is 0 Å². The number of carbonyl (C=O) groups is 1. The first-order valence-electron chi connectivity index (χ1n) is 19.3. The van der Waals surface area contributed by atoms with E-state index >= 15 is 0 Å². The molecular weight excluding hydrogens is 696 g/mol. The van der Waals surface area contributed by atoms with Gasteiger partial charge in [0.2, 0.25) is 10.0 Å². The maximum absolute atomic E-state index is 13.6. The summed E-state index contributed by atoms with van der Waals surface area (Å²) in [7, 11) is -2.09. The molecule has 2 bridgehead atoms. The summed E-state index contributed by atoms with van der Waals surface area (Å²) in [5, 5.41) is -0.0480. The zero-order valence-electron chi connectivity index (χ0n) is 31.6. The summed E-state index contributed by atoms with van der Waals surface area (Å²) in [6.07, 6.45) is 9.98. The molecule has 1 aliphatic carbocycles. The van der Waals surface area contributed by atoms with E-state index in [4.69, 9.17) is 21.1 Å². The number of nitrogens with zero attached hydrogens (tertiary/aromatic N) is 3. The summed E-state index contributed by atoms with van der Waals surface area (Å²) in [5.41, 5.74) is 3.33. The molecule has 0 aromatic heterocycles. The Bertz CT molecular complexity index is 1770. The van der Waals surface area contributed by atoms with Crippen molar-refractivity contribution in [2.24, 2.45) is 23.2 Å². The Morgan fingerprint density at radius 1 is 1.04 bits per heavy atom. The molecule has 5 atom stereocenters. The monoisotopic (exact) mass is 752 g/mol. The van der Waals surface area contributed by atoms with Crippen LogP contribution in [0.4, 0.5) is 5.69 Å². The molecule has 11 heteroatoms. The molecule has 4 heterocycles. The first-order valence-corrected chi connectivity index (χ1v) is 21.3. The van der Waals surface area contributed by atoms with Crippen molar-refractivity contribution in [2.75, 3.05) is 57.8 Å². The summed E-state index contributed by atoms with van der Waals surface area (Å²) in [5.74, 6) is 0.522. The molecule has 0 radical (unpaired) electrons. The molecule has 1 spiro atoms. The molecule has 1 saturated carbocycles. The molecule has 52 heavy (non-hydrogen) atoms. The third-order valence-corrected chi connectivity index (χ3v) is 15.1. The predicted molar refractivity (Wildman–Crippen MR) is 208 cm³/mol. The molecule has 284 valence electrons. The second-order valence-electron chi connectivity index (χ2n) is 16.8. The largest absolute Gasteiger partial charge is 0.487 e. The summed E-state index contributed by atoms with van der Waals surface area (Å²) >= 11 is 6.40. The van der Waals surface area contributed by atoms with E-state index in [1.165, 1.54) is 18.7 Å². The Balaban J connectivity index is 1.22. The van der Waals surface area contributed by atoms with E-state index in [9.17, 15) is 13.2 Å². The van der Waals surface area contributed by atoms with Gasteiger partial charge in [0.1, 0.15) is 18.0 Å². The van der Waals surface area contributed by atoms with Crippen LogP contribution < -0.4 is 14.4 Å². The number of allylic oxidation sites excluding steroid dienone is 1. The van der Waals surface area contributed by atoms with E-state index in [1.54, 1.807) is 13.0 Å². The average Bonchev–Trinajstić information content (AvgIpc) is 3.08. The lowest BCUT2D eigenvalue weighted by Crippen LogP contribution is -2.74. The lowest BCUT2D eigenvalue weighted by Gasteiger charge is -2.63. The number of hydrogen-bond donors (Lipinski definition) is 1. The first-order chi connectivity index (χ1) is 24.8. The van der Waals surface area contributed by atoms with Crippen molar-refractivity contribution < 1.29 is 22.7 Å². The lowest BCUT2D eigenvalue weighted by molar-refractivity contribution is -0.161. The van der Waals surface area contributed by atoms with E-state index in [2.05, 4.69) is 45.4 Å². The molecule has 2 aromatic carbocycles. The summed E-state index contributed by atoms with van der Waals surface area (Å²) in [6, 6.07) is 11.9. The van der Waals surface area contributed by atoms with Crippen molar-refractivity contribution in [3.63, 3.8) is 0 Å². The maximum Gasteiger partial charge on any atom is 0.264 e. The second kappa shape index (κ2) is 14.9. The van der Waals surface area contributed by atoms with Gasteiger partial charge >= 0.3 is 0 Å². The van der Waals surface area contributed by atoms with Crippen molar-refractivity contribution in [2.45, 2.75) is 89.7 Å². The fourth-order valence-electron chi connectivity index (χ4n) is 9.38. The molecule has 5 aliphatic rings. The number of likely N-dealkylation sites (tertiary alicyclic amines) is 2. The van der Waals surface area contributed by atoms with Crippen LogP contribution in [0.25, 0.3) is 0 Å². The van der Waals surface area contributed by atoms with Crippen LogP contribution in [0.2, 0.25) is 5.02 Å². The number of sulfonamides is 1. The van der Waals surface area contributed by atoms with Gasteiger partial charge in [-0.15, -0.1) is 0 Å². The number of halogens is 1. The summed E-state index contributed by atoms with van der Waals surface area (Å²) in [6.45, 7) is 15.5. The van der Waals surface area contributed by atoms with E-state index in [1.807, 2.05) is 44.4 Å². The van der Waals surface area contributed by atoms with Crippen LogP contribution in [0.1, 0.15) is 81.3 Å². The molecule has 9 nitrogen and oxygen atoms in total. The first kappa shape index (κ1) is 37.7. The van der Waals surface area contributed by atoms with Gasteiger partial charge < -0.3 is 14.4 Å². The second-order valence-corrected chi connectivity index (χ2v) is 19.3. The van der Waals surface area contributed by atoms with Gasteiger partial charge in [0.05, 0.1) is 10.9 Å². The van der Waals surface area contributed by atoms with Crippen LogP contribution in [-0.2, 0) is 27.8 Å². The third-order valence-electron chi connectivity index (χ3n) is 12.9. The normalized spacial score (nSPS) is 31.4. The smallest absolute Gasteiger partial charge is 0.264 e. The Morgan fingerprint density at radius 2 is 1.83 bits per heavy atom. The highest BCUT2D eigenvalue weighted by Gasteiger charge is 2.55. The molecule has 0 unspecified atom stereocenters. The topological polar surface area (TPSA) is 91.4 Å². The number of methoxy groups -OCH3 is 1. The molecular formula is C41H57ClN4O5S. The highest BCUT2D eigenvalue weighted by atomic mass is 35.5. The van der Waals surface area contributed by atoms with Crippen LogP contribution in [0.15, 0.2) is 48.6 Å². The predicted octanol–water partition coefficient (Wildman–Crippen LogP) is 6.54. The van der Waals surface area contributed by atoms with E-state index in [0.717, 1.165) is 81.1 Å². The number of aryl methyl sites for hydroxylation is 1. The molecule has 1 N–H and O–H groups in total. The quantitative estimate of drug-likeness (QED) is 0.353. The molecule has 4 aliphatic heterocycles. The highest BCUT2D eigenvalue weighted by Crippen LogP contribution is 2.49. The third kappa shape index (κ3) is 7.52. The zero-order valence-corrected chi connectivity index (χ0v) is 33.1. The van der Waals surface area contributed by atoms with Gasteiger partial charge in [-0.2, -0.15) is 0 Å². The number of carbonyl (C=O) groups excluding carboxylic acids is 1. The number of rotatable bonds is 4. The fourth-order valence-corrected chi connectivity index (χ4v) is 10.9. The number of anilines is 1. The van der Waals surface area contributed by atoms with E-state index in [0.29, 0.717) is 47.6 Å². The van der Waals surface area contributed by atoms with Gasteiger partial charge in [-0.3, -0.25) is 14.6 Å². The van der Waals surface area contributed by atoms with Crippen molar-refractivity contribution >= 4 is 33.2 Å². The Kier molecular flexibility index (Phi) is 10.8. The Hall–Kier alpha value is -2.63. The highest BCUT2D eigenvalue weighted by molar-refractivity contribution is 7.90. The maximum atomic E-state index is 13.6. The fraction of sp³-hybridized carbons (Fsp3) is 0.634. The minimum Gasteiger partial charge on any atom is -0.487 e. The molecule has 7 rings (SSSR count). The van der Waals surface area contributed by atoms with Crippen LogP contribution in [0.3, 0.4) is 0 Å². The molecule has 3 fully saturated rings. The summed E-state index contributed by atoms with van der Waals surface area (Å²) < 4.78 is 42.8. The van der Waals surface area contributed by atoms with Gasteiger partial charge in [0.25, 0.3) is 5.91 Å². The van der Waals surface area contributed by atoms with E-state index in [-0.39, 0.29) is 5.92 Å². The lowest BCUT2D eigenvalue weighted by atomic mass is 9.63. The van der Waals surface area contributed by atoms with Crippen molar-refractivity contribution in [3.05, 3.63) is 70.3 Å². The number of fused-ring (bicyclic) bond motifs is 3. The molecule has 2 aromatic rings. The van der Waals surface area contributed by atoms with Crippen LogP contribution >= 0.6 is 11.6 Å². The van der Waals surface area contributed by atoms with Crippen LogP contribution in [-0.4, -0.2) is 93.9 Å². The minimum atomic E-state index is -3.95. The van der Waals surface area contributed by atoms with Crippen molar-refractivity contribution in [3.8, 4) is 5.75 Å². The van der Waals surface area contributed by atoms with Crippen molar-refractivity contribution in [1.82, 2.24) is 14.5 Å². The molecule has 1 amide bonds. The van der Waals surface area contributed by atoms with Crippen LogP contribution in [0, 0.1) is 23.2 Å². The number of benzene rings is 2. The van der Waals surface area contributed by atoms with Gasteiger partial charge in [-0.1, -0.05) is 36.7 Å². The number of hydrogen-bond acceptors (Lipinski definition) is 8. The van der Waals surface area contributed by atoms with Gasteiger partial charge in [-0.25, -0.2) is 13.1 Å². The number of ether oxygens (including phenoxy) is 2. The SMILES string of the molecule is CO[C@]1(CN2CC3(C2)CN(C(C)C)C3)/C=C/C[C@H](C)[C@@H](C)S(=O)(=O)NC(=O)c2ccc3c(c2)N(CCCCc2cc(Cl)ccc2CO3)C[C@@H]2CC[C@H]21. The molecule has 2 saturated heterocycles. The summed E-state index contributed by atoms with van der Waals surface area (Å²) in [4.78, 5) is 21.1. The Morgan fingerprint density at radius 3 is 2.54 bits per heavy atom. The van der Waals surface area contributed by atoms with Gasteiger partial charge in [-0.05, 0) is 119 Å². The van der Waals surface area contributed by atoms with Gasteiger partial charge in [0.15, 0.2) is 0 Å².